The summed E-state index contributed by atoms with van der Waals surface area (Å²) in [5, 5.41) is 16.3. The average molecular weight is 506 g/mol. The average Bonchev–Trinajstić information content (AvgIpc) is 3.32. The fraction of sp³-hybridized carbons (Fsp3) is 0.429. The molecule has 190 valence electrons. The number of carbonyl (C=O) groups is 2. The fourth-order valence-electron chi connectivity index (χ4n) is 4.96. The van der Waals surface area contributed by atoms with Gasteiger partial charge in [-0.05, 0) is 67.7 Å². The Bertz CT molecular complexity index is 1140. The van der Waals surface area contributed by atoms with Gasteiger partial charge in [0.1, 0.15) is 5.01 Å². The van der Waals surface area contributed by atoms with Crippen molar-refractivity contribution in [2.45, 2.75) is 51.4 Å². The first-order valence-electron chi connectivity index (χ1n) is 12.7. The van der Waals surface area contributed by atoms with Crippen LogP contribution in [0.15, 0.2) is 54.6 Å². The molecule has 1 aliphatic rings. The number of nitrogens with zero attached hydrogens (tertiary/aromatic N) is 4. The van der Waals surface area contributed by atoms with Crippen LogP contribution in [0.4, 0.5) is 5.13 Å². The van der Waals surface area contributed by atoms with Crippen molar-refractivity contribution >= 4 is 28.3 Å². The number of nitrogens with one attached hydrogen (secondary N) is 1. The molecule has 1 N–H and O–H groups in total. The molecule has 0 atom stereocenters. The highest BCUT2D eigenvalue weighted by atomic mass is 32.1. The molecule has 0 aliphatic heterocycles. The van der Waals surface area contributed by atoms with Gasteiger partial charge in [0.15, 0.2) is 0 Å². The van der Waals surface area contributed by atoms with Crippen LogP contribution in [0.2, 0.25) is 0 Å². The third-order valence-electron chi connectivity index (χ3n) is 6.91. The smallest absolute Gasteiger partial charge is 0.257 e. The Morgan fingerprint density at radius 3 is 2.31 bits per heavy atom. The van der Waals surface area contributed by atoms with Crippen LogP contribution in [0.25, 0.3) is 0 Å². The number of aromatic nitrogens is 2. The molecule has 2 aromatic carbocycles. The summed E-state index contributed by atoms with van der Waals surface area (Å²) in [6.07, 6.45) is 5.60. The number of carbonyl (C=O) groups excluding carboxylic acids is 2. The van der Waals surface area contributed by atoms with E-state index in [9.17, 15) is 9.59 Å². The first-order chi connectivity index (χ1) is 17.4. The topological polar surface area (TPSA) is 78.4 Å². The molecule has 36 heavy (non-hydrogen) atoms. The molecule has 1 heterocycles. The van der Waals surface area contributed by atoms with Crippen LogP contribution in [0.5, 0.6) is 0 Å². The Hall–Kier alpha value is -3.10. The van der Waals surface area contributed by atoms with Crippen molar-refractivity contribution in [1.29, 1.82) is 0 Å². The lowest BCUT2D eigenvalue weighted by molar-refractivity contribution is -0.145. The second-order valence-electron chi connectivity index (χ2n) is 9.62. The predicted octanol–water partition coefficient (Wildman–Crippen LogP) is 5.37. The zero-order valence-corrected chi connectivity index (χ0v) is 22.1. The van der Waals surface area contributed by atoms with Crippen LogP contribution in [0.3, 0.4) is 0 Å². The predicted molar refractivity (Wildman–Crippen MR) is 144 cm³/mol. The maximum atomic E-state index is 12.7. The number of hydrogen-bond acceptors (Lipinski definition) is 6. The molecule has 2 amide bonds. The number of anilines is 1. The van der Waals surface area contributed by atoms with Crippen molar-refractivity contribution in [3.63, 3.8) is 0 Å². The third kappa shape index (κ3) is 6.77. The highest BCUT2D eigenvalue weighted by molar-refractivity contribution is 7.15. The molecule has 0 saturated heterocycles. The Morgan fingerprint density at radius 2 is 1.67 bits per heavy atom. The Labute approximate surface area is 217 Å². The highest BCUT2D eigenvalue weighted by Gasteiger charge is 2.26. The summed E-state index contributed by atoms with van der Waals surface area (Å²) < 4.78 is 0. The van der Waals surface area contributed by atoms with Crippen molar-refractivity contribution < 1.29 is 9.59 Å². The Balaban J connectivity index is 1.27. The molecule has 3 aromatic rings. The lowest BCUT2D eigenvalue weighted by Crippen LogP contribution is -2.42. The molecule has 0 radical (unpaired) electrons. The van der Waals surface area contributed by atoms with E-state index >= 15 is 0 Å². The summed E-state index contributed by atoms with van der Waals surface area (Å²) in [6.45, 7) is 2.71. The van der Waals surface area contributed by atoms with E-state index in [1.54, 1.807) is 0 Å². The van der Waals surface area contributed by atoms with E-state index < -0.39 is 0 Å². The standard InChI is InChI=1S/C28H35N5O2S/c1-4-33(32(2)3)26(34)19-21-10-12-22(13-11-21)23-14-16-24(17-15-23)27(35)29-28-31-30-25(36-28)18-20-8-6-5-7-9-20/h5-9,14-17,21-22H,4,10-13,18-19H2,1-3H3,(H,29,31,35). The van der Waals surface area contributed by atoms with Gasteiger partial charge in [0.25, 0.3) is 5.91 Å². The van der Waals surface area contributed by atoms with E-state index in [1.165, 1.54) is 22.5 Å². The van der Waals surface area contributed by atoms with E-state index in [-0.39, 0.29) is 11.8 Å². The number of hydrogen-bond donors (Lipinski definition) is 1. The summed E-state index contributed by atoms with van der Waals surface area (Å²) in [7, 11) is 3.83. The molecule has 1 aliphatic carbocycles. The van der Waals surface area contributed by atoms with Gasteiger partial charge in [-0.15, -0.1) is 10.2 Å². The minimum Gasteiger partial charge on any atom is -0.296 e. The molecule has 0 spiro atoms. The van der Waals surface area contributed by atoms with Gasteiger partial charge in [-0.25, -0.2) is 5.01 Å². The second-order valence-corrected chi connectivity index (χ2v) is 10.7. The maximum absolute atomic E-state index is 12.7. The molecular weight excluding hydrogens is 470 g/mol. The van der Waals surface area contributed by atoms with E-state index in [0.717, 1.165) is 30.7 Å². The van der Waals surface area contributed by atoms with Crippen molar-refractivity contribution in [3.8, 4) is 0 Å². The molecule has 8 heteroatoms. The number of benzene rings is 2. The van der Waals surface area contributed by atoms with Crippen LogP contribution in [0, 0.1) is 5.92 Å². The quantitative estimate of drug-likeness (QED) is 0.396. The van der Waals surface area contributed by atoms with E-state index in [4.69, 9.17) is 0 Å². The third-order valence-corrected chi connectivity index (χ3v) is 7.75. The van der Waals surface area contributed by atoms with Gasteiger partial charge in [-0.1, -0.05) is 53.8 Å². The lowest BCUT2D eigenvalue weighted by atomic mass is 9.77. The van der Waals surface area contributed by atoms with Gasteiger partial charge in [0.2, 0.25) is 11.0 Å². The largest absolute Gasteiger partial charge is 0.296 e. The van der Waals surface area contributed by atoms with Crippen LogP contribution in [0.1, 0.15) is 71.4 Å². The first-order valence-corrected chi connectivity index (χ1v) is 13.5. The van der Waals surface area contributed by atoms with Crippen LogP contribution >= 0.6 is 11.3 Å². The molecule has 4 rings (SSSR count). The molecule has 1 aromatic heterocycles. The van der Waals surface area contributed by atoms with Crippen LogP contribution in [-0.2, 0) is 11.2 Å². The molecule has 1 fully saturated rings. The fourth-order valence-corrected chi connectivity index (χ4v) is 5.73. The van der Waals surface area contributed by atoms with Gasteiger partial charge >= 0.3 is 0 Å². The monoisotopic (exact) mass is 505 g/mol. The SMILES string of the molecule is CCN(C(=O)CC1CCC(c2ccc(C(=O)Nc3nnc(Cc4ccccc4)s3)cc2)CC1)N(C)C. The number of amides is 2. The number of rotatable bonds is 9. The van der Waals surface area contributed by atoms with E-state index in [2.05, 4.69) is 39.8 Å². The molecule has 0 bridgehead atoms. The summed E-state index contributed by atoms with van der Waals surface area (Å²) in [4.78, 5) is 25.3. The highest BCUT2D eigenvalue weighted by Crippen LogP contribution is 2.37. The summed E-state index contributed by atoms with van der Waals surface area (Å²) in [5.74, 6) is 0.969. The van der Waals surface area contributed by atoms with Crippen molar-refractivity contribution in [3.05, 3.63) is 76.3 Å². The Kier molecular flexibility index (Phi) is 8.83. The summed E-state index contributed by atoms with van der Waals surface area (Å²) >= 11 is 1.40. The number of hydrazine groups is 1. The molecule has 7 nitrogen and oxygen atoms in total. The van der Waals surface area contributed by atoms with Gasteiger partial charge in [0.05, 0.1) is 0 Å². The summed E-state index contributed by atoms with van der Waals surface area (Å²) in [5.41, 5.74) is 3.04. The zero-order chi connectivity index (χ0) is 25.5. The summed E-state index contributed by atoms with van der Waals surface area (Å²) in [6, 6.07) is 18.0. The van der Waals surface area contributed by atoms with Crippen molar-refractivity contribution in [2.75, 3.05) is 26.0 Å². The Morgan fingerprint density at radius 1 is 0.972 bits per heavy atom. The molecule has 0 unspecified atom stereocenters. The van der Waals surface area contributed by atoms with Crippen LogP contribution in [-0.4, -0.2) is 52.7 Å². The van der Waals surface area contributed by atoms with Gasteiger partial charge in [0, 0.05) is 39.0 Å². The van der Waals surface area contributed by atoms with Gasteiger partial charge in [-0.2, -0.15) is 0 Å². The normalized spacial score (nSPS) is 17.7. The maximum Gasteiger partial charge on any atom is 0.257 e. The lowest BCUT2D eigenvalue weighted by Gasteiger charge is -2.32. The van der Waals surface area contributed by atoms with Crippen LogP contribution < -0.4 is 5.32 Å². The second kappa shape index (κ2) is 12.2. The van der Waals surface area contributed by atoms with Crippen molar-refractivity contribution in [2.24, 2.45) is 5.92 Å². The minimum atomic E-state index is -0.174. The van der Waals surface area contributed by atoms with Gasteiger partial charge in [-0.3, -0.25) is 19.9 Å². The van der Waals surface area contributed by atoms with Gasteiger partial charge < -0.3 is 0 Å². The zero-order valence-electron chi connectivity index (χ0n) is 21.3. The van der Waals surface area contributed by atoms with Crippen molar-refractivity contribution in [1.82, 2.24) is 20.2 Å². The van der Waals surface area contributed by atoms with E-state index in [0.29, 0.717) is 41.9 Å². The molecular formula is C28H35N5O2S. The van der Waals surface area contributed by atoms with E-state index in [1.807, 2.05) is 61.4 Å². The molecule has 1 saturated carbocycles. The minimum absolute atomic E-state index is 0.174. The first kappa shape index (κ1) is 26.0.